The van der Waals surface area contributed by atoms with Crippen LogP contribution < -0.4 is 5.32 Å². The minimum absolute atomic E-state index is 0.00155. The van der Waals surface area contributed by atoms with Crippen LogP contribution in [0.25, 0.3) is 0 Å². The number of carbonyl (C=O) groups is 1. The highest BCUT2D eigenvalue weighted by atomic mass is 16.1. The molecule has 1 N–H and O–H groups in total. The maximum atomic E-state index is 12.2. The van der Waals surface area contributed by atoms with Crippen molar-refractivity contribution in [2.75, 3.05) is 5.32 Å². The molecule has 1 aliphatic rings. The van der Waals surface area contributed by atoms with Gasteiger partial charge in [0.15, 0.2) is 0 Å². The monoisotopic (exact) mass is 360 g/mol. The summed E-state index contributed by atoms with van der Waals surface area (Å²) in [4.78, 5) is 12.2. The predicted molar refractivity (Wildman–Crippen MR) is 106 cm³/mol. The van der Waals surface area contributed by atoms with Gasteiger partial charge in [0.25, 0.3) is 0 Å². The quantitative estimate of drug-likeness (QED) is 0.728. The first-order valence-corrected chi connectivity index (χ1v) is 9.58. The molecule has 2 aromatic carbocycles. The number of hydrogen-bond donors (Lipinski definition) is 1. The Kier molecular flexibility index (Phi) is 5.01. The van der Waals surface area contributed by atoms with E-state index in [0.717, 1.165) is 36.7 Å². The summed E-state index contributed by atoms with van der Waals surface area (Å²) >= 11 is 0. The summed E-state index contributed by atoms with van der Waals surface area (Å²) in [6.45, 7) is 2.94. The Bertz CT molecular complexity index is 907. The van der Waals surface area contributed by atoms with Gasteiger partial charge < -0.3 is 9.88 Å². The fourth-order valence-corrected chi connectivity index (χ4v) is 3.89. The van der Waals surface area contributed by atoms with E-state index in [1.165, 1.54) is 11.1 Å². The number of amides is 1. The third-order valence-corrected chi connectivity index (χ3v) is 5.22. The van der Waals surface area contributed by atoms with Crippen molar-refractivity contribution in [3.8, 4) is 0 Å². The highest BCUT2D eigenvalue weighted by Crippen LogP contribution is 2.33. The van der Waals surface area contributed by atoms with Crippen LogP contribution in [0.5, 0.6) is 0 Å². The molecular formula is C22H24N4O. The molecule has 1 amide bonds. The van der Waals surface area contributed by atoms with E-state index in [4.69, 9.17) is 0 Å². The molecular weight excluding hydrogens is 336 g/mol. The van der Waals surface area contributed by atoms with E-state index in [1.807, 2.05) is 30.3 Å². The summed E-state index contributed by atoms with van der Waals surface area (Å²) in [6, 6.07) is 18.1. The van der Waals surface area contributed by atoms with E-state index in [1.54, 1.807) is 0 Å². The van der Waals surface area contributed by atoms with Crippen LogP contribution in [0.1, 0.15) is 42.0 Å². The molecule has 4 rings (SSSR count). The lowest BCUT2D eigenvalue weighted by molar-refractivity contribution is -0.116. The van der Waals surface area contributed by atoms with Gasteiger partial charge in [-0.25, -0.2) is 0 Å². The Morgan fingerprint density at radius 1 is 1.04 bits per heavy atom. The summed E-state index contributed by atoms with van der Waals surface area (Å²) in [6.07, 6.45) is 3.03. The van der Waals surface area contributed by atoms with Gasteiger partial charge in [0, 0.05) is 31.0 Å². The first kappa shape index (κ1) is 17.5. The van der Waals surface area contributed by atoms with Crippen LogP contribution in [0.2, 0.25) is 0 Å². The van der Waals surface area contributed by atoms with Crippen molar-refractivity contribution in [2.24, 2.45) is 0 Å². The van der Waals surface area contributed by atoms with Crippen LogP contribution in [0.15, 0.2) is 54.6 Å². The Labute approximate surface area is 159 Å². The number of aromatic nitrogens is 3. The Morgan fingerprint density at radius 3 is 2.37 bits per heavy atom. The van der Waals surface area contributed by atoms with Crippen molar-refractivity contribution in [1.82, 2.24) is 14.8 Å². The lowest BCUT2D eigenvalue weighted by Crippen LogP contribution is -2.15. The average Bonchev–Trinajstić information content (AvgIpc) is 3.30. The number of aryl methyl sites for hydroxylation is 1. The number of nitrogens with one attached hydrogen (secondary N) is 1. The van der Waals surface area contributed by atoms with Crippen LogP contribution in [-0.2, 0) is 30.6 Å². The first-order valence-electron chi connectivity index (χ1n) is 9.58. The molecule has 138 valence electrons. The molecule has 27 heavy (non-hydrogen) atoms. The zero-order valence-corrected chi connectivity index (χ0v) is 15.6. The van der Waals surface area contributed by atoms with Gasteiger partial charge in [0.2, 0.25) is 5.91 Å². The number of nitrogens with zero attached hydrogens (tertiary/aromatic N) is 3. The second kappa shape index (κ2) is 7.74. The number of carbonyl (C=O) groups excluding carboxylic acids is 1. The van der Waals surface area contributed by atoms with Crippen LogP contribution in [-0.4, -0.2) is 20.7 Å². The molecule has 0 atom stereocenters. The van der Waals surface area contributed by atoms with E-state index >= 15 is 0 Å². The third-order valence-electron chi connectivity index (χ3n) is 5.22. The van der Waals surface area contributed by atoms with Crippen molar-refractivity contribution in [3.63, 3.8) is 0 Å². The number of hydrogen-bond acceptors (Lipinski definition) is 3. The minimum atomic E-state index is 0.00155. The van der Waals surface area contributed by atoms with Gasteiger partial charge >= 0.3 is 0 Å². The summed E-state index contributed by atoms with van der Waals surface area (Å²) in [5.74, 6) is 2.32. The summed E-state index contributed by atoms with van der Waals surface area (Å²) in [7, 11) is 0. The van der Waals surface area contributed by atoms with Gasteiger partial charge in [-0.2, -0.15) is 0 Å². The molecule has 5 heteroatoms. The number of rotatable bonds is 6. The fourth-order valence-electron chi connectivity index (χ4n) is 3.89. The maximum Gasteiger partial charge on any atom is 0.224 e. The Balaban J connectivity index is 1.42. The van der Waals surface area contributed by atoms with E-state index in [0.29, 0.717) is 18.8 Å². The van der Waals surface area contributed by atoms with E-state index in [2.05, 4.69) is 51.3 Å². The maximum absolute atomic E-state index is 12.2. The van der Waals surface area contributed by atoms with Gasteiger partial charge in [0.1, 0.15) is 11.6 Å². The number of para-hydroxylation sites is 1. The topological polar surface area (TPSA) is 59.8 Å². The lowest BCUT2D eigenvalue weighted by Gasteiger charge is -2.12. The van der Waals surface area contributed by atoms with Crippen molar-refractivity contribution in [3.05, 3.63) is 77.4 Å². The van der Waals surface area contributed by atoms with Gasteiger partial charge in [-0.15, -0.1) is 10.2 Å². The van der Waals surface area contributed by atoms with Gasteiger partial charge in [-0.1, -0.05) is 42.5 Å². The molecule has 0 radical (unpaired) electrons. The predicted octanol–water partition coefficient (Wildman–Crippen LogP) is 3.75. The normalized spacial score (nSPS) is 13.5. The molecule has 0 bridgehead atoms. The third kappa shape index (κ3) is 3.77. The van der Waals surface area contributed by atoms with Crippen molar-refractivity contribution in [2.45, 2.75) is 45.1 Å². The molecule has 5 nitrogen and oxygen atoms in total. The molecule has 0 aliphatic heterocycles. The van der Waals surface area contributed by atoms with Gasteiger partial charge in [0.05, 0.1) is 0 Å². The van der Waals surface area contributed by atoms with Crippen molar-refractivity contribution >= 4 is 11.6 Å². The average molecular weight is 360 g/mol. The van der Waals surface area contributed by atoms with Crippen LogP contribution >= 0.6 is 0 Å². The fraction of sp³-hybridized carbons (Fsp3) is 0.318. The number of benzene rings is 2. The summed E-state index contributed by atoms with van der Waals surface area (Å²) in [5.41, 5.74) is 3.65. The summed E-state index contributed by atoms with van der Waals surface area (Å²) < 4.78 is 2.19. The molecule has 0 fully saturated rings. The number of anilines is 1. The summed E-state index contributed by atoms with van der Waals surface area (Å²) in [5, 5.41) is 11.8. The smallest absolute Gasteiger partial charge is 0.224 e. The molecule has 1 aliphatic carbocycles. The Hall–Kier alpha value is -2.95. The van der Waals surface area contributed by atoms with E-state index in [9.17, 15) is 4.79 Å². The van der Waals surface area contributed by atoms with Crippen LogP contribution in [0.4, 0.5) is 5.69 Å². The zero-order valence-electron chi connectivity index (χ0n) is 15.6. The van der Waals surface area contributed by atoms with E-state index in [-0.39, 0.29) is 5.91 Å². The van der Waals surface area contributed by atoms with Gasteiger partial charge in [-0.05, 0) is 43.0 Å². The van der Waals surface area contributed by atoms with Crippen LogP contribution in [0.3, 0.4) is 0 Å². The zero-order chi connectivity index (χ0) is 18.6. The molecule has 1 heterocycles. The second-order valence-corrected chi connectivity index (χ2v) is 7.01. The molecule has 0 saturated carbocycles. The highest BCUT2D eigenvalue weighted by Gasteiger charge is 2.27. The van der Waals surface area contributed by atoms with E-state index < -0.39 is 0 Å². The first-order chi connectivity index (χ1) is 13.2. The van der Waals surface area contributed by atoms with Gasteiger partial charge in [-0.3, -0.25) is 4.79 Å². The molecule has 0 spiro atoms. The lowest BCUT2D eigenvalue weighted by atomic mass is 10.1. The van der Waals surface area contributed by atoms with Crippen LogP contribution in [0, 0.1) is 0 Å². The molecule has 1 aromatic heterocycles. The van der Waals surface area contributed by atoms with Crippen molar-refractivity contribution in [1.29, 1.82) is 0 Å². The molecule has 0 unspecified atom stereocenters. The Morgan fingerprint density at radius 2 is 1.70 bits per heavy atom. The van der Waals surface area contributed by atoms with Crippen molar-refractivity contribution < 1.29 is 4.79 Å². The standard InChI is InChI=1S/C22H24N4O/c1-2-26-20(12-13-21(27)23-19-10-4-3-5-11-19)24-25-22(26)18-14-16-8-6-7-9-17(16)15-18/h3-11,18H,2,12-15H2,1H3,(H,23,27). The largest absolute Gasteiger partial charge is 0.326 e. The minimum Gasteiger partial charge on any atom is -0.326 e. The highest BCUT2D eigenvalue weighted by molar-refractivity contribution is 5.90. The second-order valence-electron chi connectivity index (χ2n) is 7.01. The molecule has 0 saturated heterocycles. The molecule has 3 aromatic rings. The SMILES string of the molecule is CCn1c(CCC(=O)Nc2ccccc2)nnc1C1Cc2ccccc2C1. The number of fused-ring (bicyclic) bond motifs is 1.